The van der Waals surface area contributed by atoms with Gasteiger partial charge in [0.15, 0.2) is 5.60 Å². The third kappa shape index (κ3) is 4.85. The van der Waals surface area contributed by atoms with Gasteiger partial charge in [0.2, 0.25) is 0 Å². The van der Waals surface area contributed by atoms with E-state index < -0.39 is 23.4 Å². The second-order valence-corrected chi connectivity index (χ2v) is 15.6. The summed E-state index contributed by atoms with van der Waals surface area (Å²) in [6.07, 6.45) is 0. The highest BCUT2D eigenvalue weighted by Gasteiger charge is 2.55. The van der Waals surface area contributed by atoms with Crippen LogP contribution in [0.15, 0.2) is 84.9 Å². The van der Waals surface area contributed by atoms with Gasteiger partial charge >= 0.3 is 5.97 Å². The summed E-state index contributed by atoms with van der Waals surface area (Å²) in [4.78, 5) is 23.1. The second kappa shape index (κ2) is 11.9. The minimum atomic E-state index is -1.62. The average Bonchev–Trinajstić information content (AvgIpc) is 3.82. The summed E-state index contributed by atoms with van der Waals surface area (Å²) in [7, 11) is 0. The number of rotatable bonds is 4. The molecule has 7 aromatic rings. The van der Waals surface area contributed by atoms with Crippen LogP contribution in [-0.2, 0) is 10.3 Å². The number of hydrogen-bond donors (Lipinski definition) is 0. The summed E-state index contributed by atoms with van der Waals surface area (Å²) in [6.45, 7) is 0. The predicted octanol–water partition coefficient (Wildman–Crippen LogP) is 11.4. The van der Waals surface area contributed by atoms with Crippen molar-refractivity contribution in [1.29, 1.82) is 10.5 Å². The Labute approximate surface area is 317 Å². The van der Waals surface area contributed by atoms with E-state index >= 15 is 0 Å². The molecule has 4 heterocycles. The molecule has 1 spiro atoms. The molecule has 0 amide bonds. The van der Waals surface area contributed by atoms with Crippen molar-refractivity contribution in [3.63, 3.8) is 0 Å². The Morgan fingerprint density at radius 1 is 0.647 bits per heavy atom. The SMILES string of the molecule is N#CC(c1nc2ccccc2s1)c1cc2c(cc1Cl)C1(OC(=O)c3cc(Cl)c(Cl)cc31)c1cc(Cl)c(C(C#N)c3nc4ccccc4s3)cc1O2. The molecule has 2 aliphatic heterocycles. The largest absolute Gasteiger partial charge is 0.456 e. The maximum Gasteiger partial charge on any atom is 0.340 e. The molecule has 0 N–H and O–H groups in total. The van der Waals surface area contributed by atoms with Crippen LogP contribution in [0.1, 0.15) is 60.0 Å². The molecule has 0 saturated carbocycles. The van der Waals surface area contributed by atoms with E-state index in [-0.39, 0.29) is 37.2 Å². The van der Waals surface area contributed by atoms with E-state index in [0.29, 0.717) is 37.8 Å². The zero-order valence-electron chi connectivity index (χ0n) is 25.6. The monoisotopic (exact) mass is 780 g/mol. The van der Waals surface area contributed by atoms with Gasteiger partial charge in [-0.1, -0.05) is 70.7 Å². The fourth-order valence-electron chi connectivity index (χ4n) is 6.76. The number of aromatic nitrogens is 2. The van der Waals surface area contributed by atoms with Gasteiger partial charge in [-0.3, -0.25) is 0 Å². The van der Waals surface area contributed by atoms with Gasteiger partial charge in [0.1, 0.15) is 33.4 Å². The number of carbonyl (C=O) groups excluding carboxylic acids is 1. The third-order valence-electron chi connectivity index (χ3n) is 9.08. The van der Waals surface area contributed by atoms with Crippen LogP contribution in [0.25, 0.3) is 20.4 Å². The molecule has 5 aromatic carbocycles. The number of nitriles is 2. The molecular weight excluding hydrogens is 766 g/mol. The average molecular weight is 783 g/mol. The number of para-hydroxylation sites is 2. The molecule has 51 heavy (non-hydrogen) atoms. The molecule has 2 aliphatic rings. The molecule has 0 radical (unpaired) electrons. The lowest BCUT2D eigenvalue weighted by Gasteiger charge is -2.37. The Bertz CT molecular complexity index is 2540. The third-order valence-corrected chi connectivity index (χ3v) is 12.7. The van der Waals surface area contributed by atoms with E-state index in [1.54, 1.807) is 30.3 Å². The number of thiazole rings is 2. The number of esters is 1. The molecule has 13 heteroatoms. The van der Waals surface area contributed by atoms with Crippen LogP contribution in [-0.4, -0.2) is 15.9 Å². The molecule has 0 fully saturated rings. The lowest BCUT2D eigenvalue weighted by molar-refractivity contribution is 0.0224. The summed E-state index contributed by atoms with van der Waals surface area (Å²) in [5.41, 5.74) is 2.22. The Kier molecular flexibility index (Phi) is 7.54. The summed E-state index contributed by atoms with van der Waals surface area (Å²) >= 11 is 29.8. The number of nitrogens with zero attached hydrogens (tertiary/aromatic N) is 4. The highest BCUT2D eigenvalue weighted by atomic mass is 35.5. The van der Waals surface area contributed by atoms with Gasteiger partial charge in [0.05, 0.1) is 48.2 Å². The first-order chi connectivity index (χ1) is 24.7. The Balaban J connectivity index is 1.27. The van der Waals surface area contributed by atoms with E-state index in [0.717, 1.165) is 20.4 Å². The molecule has 2 unspecified atom stereocenters. The first kappa shape index (κ1) is 32.2. The summed E-state index contributed by atoms with van der Waals surface area (Å²) in [6, 6.07) is 29.7. The van der Waals surface area contributed by atoms with Gasteiger partial charge in [-0.05, 0) is 71.8 Å². The number of halogens is 4. The number of carbonyl (C=O) groups is 1. The molecule has 0 aliphatic carbocycles. The lowest BCUT2D eigenvalue weighted by Crippen LogP contribution is -2.33. The van der Waals surface area contributed by atoms with Crippen molar-refractivity contribution < 1.29 is 14.3 Å². The van der Waals surface area contributed by atoms with Crippen LogP contribution in [0.3, 0.4) is 0 Å². The number of hydrogen-bond acceptors (Lipinski definition) is 9. The van der Waals surface area contributed by atoms with E-state index in [2.05, 4.69) is 12.1 Å². The lowest BCUT2D eigenvalue weighted by atomic mass is 9.76. The van der Waals surface area contributed by atoms with Crippen LogP contribution in [0, 0.1) is 22.7 Å². The Morgan fingerprint density at radius 3 is 1.61 bits per heavy atom. The van der Waals surface area contributed by atoms with Crippen molar-refractivity contribution in [3.05, 3.63) is 148 Å². The molecule has 0 bridgehead atoms. The summed E-state index contributed by atoms with van der Waals surface area (Å²) < 4.78 is 14.8. The quantitative estimate of drug-likeness (QED) is 0.164. The van der Waals surface area contributed by atoms with Crippen LogP contribution < -0.4 is 4.74 Å². The summed E-state index contributed by atoms with van der Waals surface area (Å²) in [5, 5.41) is 22.9. The van der Waals surface area contributed by atoms with E-state index in [4.69, 9.17) is 65.8 Å². The van der Waals surface area contributed by atoms with Crippen molar-refractivity contribution in [2.75, 3.05) is 0 Å². The van der Waals surface area contributed by atoms with Crippen molar-refractivity contribution in [3.8, 4) is 23.6 Å². The number of fused-ring (bicyclic) bond motifs is 8. The first-order valence-electron chi connectivity index (χ1n) is 15.3. The van der Waals surface area contributed by atoms with Crippen molar-refractivity contribution in [2.24, 2.45) is 0 Å². The minimum Gasteiger partial charge on any atom is -0.456 e. The van der Waals surface area contributed by atoms with Crippen LogP contribution in [0.4, 0.5) is 0 Å². The zero-order valence-corrected chi connectivity index (χ0v) is 30.2. The summed E-state index contributed by atoms with van der Waals surface area (Å²) in [5.74, 6) is -1.77. The minimum absolute atomic E-state index is 0.180. The molecule has 7 nitrogen and oxygen atoms in total. The van der Waals surface area contributed by atoms with Gasteiger partial charge < -0.3 is 9.47 Å². The van der Waals surface area contributed by atoms with Gasteiger partial charge in [-0.2, -0.15) is 10.5 Å². The standard InChI is InChI=1S/C38H16Cl4N4O3S2/c39-25-13-23-31(10-17(25)20(15-43)35-45-29-5-1-3-7-33(29)50-35)48-32-11-18(21(16-44)36-46-30-6-2-4-8-34(30)51-36)26(40)14-24(32)38(23)22-12-28(42)27(41)9-19(22)37(47)49-38/h1-14,20-21H. The first-order valence-corrected chi connectivity index (χ1v) is 18.4. The smallest absolute Gasteiger partial charge is 0.340 e. The highest BCUT2D eigenvalue weighted by molar-refractivity contribution is 7.19. The van der Waals surface area contributed by atoms with Crippen molar-refractivity contribution in [1.82, 2.24) is 9.97 Å². The van der Waals surface area contributed by atoms with Crippen LogP contribution >= 0.6 is 69.1 Å². The second-order valence-electron chi connectivity index (χ2n) is 11.9. The maximum absolute atomic E-state index is 13.6. The Hall–Kier alpha value is -4.71. The van der Waals surface area contributed by atoms with Crippen LogP contribution in [0.5, 0.6) is 11.5 Å². The van der Waals surface area contributed by atoms with Gasteiger partial charge in [-0.25, -0.2) is 14.8 Å². The fraction of sp³-hybridized carbons (Fsp3) is 0.0789. The number of benzene rings is 5. The molecule has 9 rings (SSSR count). The Morgan fingerprint density at radius 2 is 1.12 bits per heavy atom. The molecule has 2 atom stereocenters. The van der Waals surface area contributed by atoms with E-state index in [9.17, 15) is 15.3 Å². The van der Waals surface area contributed by atoms with E-state index in [1.807, 2.05) is 48.5 Å². The van der Waals surface area contributed by atoms with Gasteiger partial charge in [-0.15, -0.1) is 22.7 Å². The van der Waals surface area contributed by atoms with Crippen molar-refractivity contribution in [2.45, 2.75) is 17.4 Å². The predicted molar refractivity (Wildman–Crippen MR) is 199 cm³/mol. The zero-order chi connectivity index (χ0) is 35.2. The topological polar surface area (TPSA) is 109 Å². The van der Waals surface area contributed by atoms with Crippen molar-refractivity contribution >= 4 is 95.5 Å². The molecule has 2 aromatic heterocycles. The van der Waals surface area contributed by atoms with Crippen LogP contribution in [0.2, 0.25) is 20.1 Å². The number of ether oxygens (including phenoxy) is 2. The highest BCUT2D eigenvalue weighted by Crippen LogP contribution is 2.59. The molecular formula is C38H16Cl4N4O3S2. The normalized spacial score (nSPS) is 16.9. The van der Waals surface area contributed by atoms with E-state index in [1.165, 1.54) is 28.7 Å². The fourth-order valence-corrected chi connectivity index (χ4v) is 9.70. The van der Waals surface area contributed by atoms with Gasteiger partial charge in [0.25, 0.3) is 0 Å². The maximum atomic E-state index is 13.6. The molecule has 0 saturated heterocycles. The molecule has 246 valence electrons. The van der Waals surface area contributed by atoms with Gasteiger partial charge in [0, 0.05) is 26.7 Å².